The van der Waals surface area contributed by atoms with Gasteiger partial charge in [0.05, 0.1) is 12.6 Å². The van der Waals surface area contributed by atoms with Gasteiger partial charge >= 0.3 is 0 Å². The van der Waals surface area contributed by atoms with Gasteiger partial charge in [-0.25, -0.2) is 0 Å². The molecular formula is C13H16BrN3. The fraction of sp³-hybridized carbons (Fsp3) is 0.462. The molecule has 1 heterocycles. The lowest BCUT2D eigenvalue weighted by atomic mass is 9.79. The second-order valence-electron chi connectivity index (χ2n) is 4.81. The van der Waals surface area contributed by atoms with Gasteiger partial charge in [0, 0.05) is 10.2 Å². The maximum atomic E-state index is 6.03. The SMILES string of the molecule is NC1=NCC(C2CCC2)N1c1cccc(Br)c1. The van der Waals surface area contributed by atoms with Crippen molar-refractivity contribution in [3.8, 4) is 0 Å². The lowest BCUT2D eigenvalue weighted by molar-refractivity contribution is 0.271. The van der Waals surface area contributed by atoms with Gasteiger partial charge in [-0.15, -0.1) is 0 Å². The monoisotopic (exact) mass is 293 g/mol. The number of benzene rings is 1. The maximum absolute atomic E-state index is 6.03. The van der Waals surface area contributed by atoms with Crippen molar-refractivity contribution in [3.63, 3.8) is 0 Å². The predicted molar refractivity (Wildman–Crippen MR) is 74.2 cm³/mol. The zero-order valence-electron chi connectivity index (χ0n) is 9.64. The van der Waals surface area contributed by atoms with Crippen molar-refractivity contribution in [1.82, 2.24) is 0 Å². The smallest absolute Gasteiger partial charge is 0.196 e. The van der Waals surface area contributed by atoms with E-state index < -0.39 is 0 Å². The Hall–Kier alpha value is -1.03. The summed E-state index contributed by atoms with van der Waals surface area (Å²) in [6.45, 7) is 0.850. The largest absolute Gasteiger partial charge is 0.370 e. The van der Waals surface area contributed by atoms with Crippen LogP contribution in [0.25, 0.3) is 0 Å². The molecule has 0 spiro atoms. The summed E-state index contributed by atoms with van der Waals surface area (Å²) in [5.74, 6) is 1.43. The Morgan fingerprint density at radius 1 is 1.35 bits per heavy atom. The summed E-state index contributed by atoms with van der Waals surface area (Å²) >= 11 is 3.51. The lowest BCUT2D eigenvalue weighted by Crippen LogP contribution is -2.46. The molecule has 1 saturated carbocycles. The van der Waals surface area contributed by atoms with Gasteiger partial charge in [-0.05, 0) is 37.0 Å². The Labute approximate surface area is 110 Å². The Bertz CT molecular complexity index is 454. The molecular weight excluding hydrogens is 278 g/mol. The number of hydrogen-bond donors (Lipinski definition) is 1. The molecule has 4 heteroatoms. The standard InChI is InChI=1S/C13H16BrN3/c14-10-5-2-6-11(7-10)17-12(8-16-13(17)15)9-3-1-4-9/h2,5-7,9,12H,1,3-4,8H2,(H2,15,16). The van der Waals surface area contributed by atoms with E-state index >= 15 is 0 Å². The summed E-state index contributed by atoms with van der Waals surface area (Å²) in [5.41, 5.74) is 7.18. The lowest BCUT2D eigenvalue weighted by Gasteiger charge is -2.37. The van der Waals surface area contributed by atoms with Gasteiger partial charge in [-0.3, -0.25) is 4.99 Å². The van der Waals surface area contributed by atoms with Crippen molar-refractivity contribution in [2.75, 3.05) is 11.4 Å². The van der Waals surface area contributed by atoms with E-state index in [1.807, 2.05) is 12.1 Å². The molecule has 3 nitrogen and oxygen atoms in total. The molecule has 2 N–H and O–H groups in total. The van der Waals surface area contributed by atoms with Crippen LogP contribution in [0, 0.1) is 5.92 Å². The zero-order chi connectivity index (χ0) is 11.8. The average Bonchev–Trinajstić information content (AvgIpc) is 2.58. The fourth-order valence-corrected chi connectivity index (χ4v) is 3.04. The Morgan fingerprint density at radius 3 is 2.82 bits per heavy atom. The van der Waals surface area contributed by atoms with Crippen LogP contribution in [0.2, 0.25) is 0 Å². The number of nitrogens with zero attached hydrogens (tertiary/aromatic N) is 2. The predicted octanol–water partition coefficient (Wildman–Crippen LogP) is 2.75. The normalized spacial score (nSPS) is 24.6. The molecule has 0 aromatic heterocycles. The van der Waals surface area contributed by atoms with Crippen molar-refractivity contribution in [3.05, 3.63) is 28.7 Å². The number of hydrogen-bond acceptors (Lipinski definition) is 3. The summed E-state index contributed by atoms with van der Waals surface area (Å²) in [6, 6.07) is 8.76. The quantitative estimate of drug-likeness (QED) is 0.911. The Kier molecular flexibility index (Phi) is 2.82. The number of rotatable bonds is 2. The van der Waals surface area contributed by atoms with Gasteiger partial charge in [0.15, 0.2) is 5.96 Å². The molecule has 1 fully saturated rings. The van der Waals surface area contributed by atoms with Crippen molar-refractivity contribution in [2.45, 2.75) is 25.3 Å². The molecule has 0 amide bonds. The molecule has 0 radical (unpaired) electrons. The number of nitrogens with two attached hydrogens (primary N) is 1. The van der Waals surface area contributed by atoms with E-state index in [0.29, 0.717) is 12.0 Å². The Balaban J connectivity index is 1.90. The molecule has 1 aliphatic carbocycles. The van der Waals surface area contributed by atoms with Crippen molar-refractivity contribution in [1.29, 1.82) is 0 Å². The third-order valence-corrected chi connectivity index (χ3v) is 4.29. The van der Waals surface area contributed by atoms with E-state index in [1.54, 1.807) is 0 Å². The summed E-state index contributed by atoms with van der Waals surface area (Å²) in [4.78, 5) is 6.62. The third kappa shape index (κ3) is 1.95. The first-order valence-electron chi connectivity index (χ1n) is 6.10. The second kappa shape index (κ2) is 4.33. The van der Waals surface area contributed by atoms with Gasteiger partial charge in [0.2, 0.25) is 0 Å². The average molecular weight is 294 g/mol. The van der Waals surface area contributed by atoms with Crippen LogP contribution in [0.1, 0.15) is 19.3 Å². The third-order valence-electron chi connectivity index (χ3n) is 3.80. The first-order chi connectivity index (χ1) is 8.25. The van der Waals surface area contributed by atoms with Crippen LogP contribution in [-0.2, 0) is 0 Å². The van der Waals surface area contributed by atoms with Crippen molar-refractivity contribution < 1.29 is 0 Å². The minimum atomic E-state index is 0.470. The topological polar surface area (TPSA) is 41.6 Å². The number of guanidine groups is 1. The van der Waals surface area contributed by atoms with Crippen molar-refractivity contribution in [2.24, 2.45) is 16.6 Å². The van der Waals surface area contributed by atoms with Gasteiger partial charge < -0.3 is 10.6 Å². The summed E-state index contributed by atoms with van der Waals surface area (Å²) in [6.07, 6.45) is 3.99. The zero-order valence-corrected chi connectivity index (χ0v) is 11.2. The Morgan fingerprint density at radius 2 is 2.18 bits per heavy atom. The van der Waals surface area contributed by atoms with E-state index in [-0.39, 0.29) is 0 Å². The second-order valence-corrected chi connectivity index (χ2v) is 5.72. The van der Waals surface area contributed by atoms with Gasteiger partial charge in [0.25, 0.3) is 0 Å². The fourth-order valence-electron chi connectivity index (χ4n) is 2.65. The van der Waals surface area contributed by atoms with E-state index in [0.717, 1.165) is 22.6 Å². The molecule has 3 rings (SSSR count). The van der Waals surface area contributed by atoms with Crippen LogP contribution in [-0.4, -0.2) is 18.5 Å². The molecule has 17 heavy (non-hydrogen) atoms. The molecule has 1 atom stereocenters. The van der Waals surface area contributed by atoms with Crippen LogP contribution in [0.4, 0.5) is 5.69 Å². The van der Waals surface area contributed by atoms with Gasteiger partial charge in [0.1, 0.15) is 0 Å². The van der Waals surface area contributed by atoms with E-state index in [4.69, 9.17) is 5.73 Å². The van der Waals surface area contributed by atoms with Crippen molar-refractivity contribution >= 4 is 27.6 Å². The number of anilines is 1. The van der Waals surface area contributed by atoms with Crippen LogP contribution in [0.5, 0.6) is 0 Å². The molecule has 0 bridgehead atoms. The van der Waals surface area contributed by atoms with Crippen LogP contribution in [0.3, 0.4) is 0 Å². The highest BCUT2D eigenvalue weighted by Gasteiger charge is 2.36. The van der Waals surface area contributed by atoms with Gasteiger partial charge in [-0.1, -0.05) is 28.4 Å². The van der Waals surface area contributed by atoms with Gasteiger partial charge in [-0.2, -0.15) is 0 Å². The molecule has 0 saturated heterocycles. The molecule has 1 aromatic carbocycles. The summed E-state index contributed by atoms with van der Waals surface area (Å²) in [5, 5.41) is 0. The van der Waals surface area contributed by atoms with E-state index in [1.165, 1.54) is 19.3 Å². The van der Waals surface area contributed by atoms with E-state index in [9.17, 15) is 0 Å². The molecule has 1 unspecified atom stereocenters. The molecule has 2 aliphatic rings. The minimum absolute atomic E-state index is 0.470. The van der Waals surface area contributed by atoms with E-state index in [2.05, 4.69) is 38.0 Å². The summed E-state index contributed by atoms with van der Waals surface area (Å²) < 4.78 is 1.09. The minimum Gasteiger partial charge on any atom is -0.370 e. The first kappa shape index (κ1) is 11.1. The maximum Gasteiger partial charge on any atom is 0.196 e. The van der Waals surface area contributed by atoms with Crippen LogP contribution >= 0.6 is 15.9 Å². The van der Waals surface area contributed by atoms with Crippen LogP contribution in [0.15, 0.2) is 33.7 Å². The highest BCUT2D eigenvalue weighted by atomic mass is 79.9. The molecule has 1 aliphatic heterocycles. The number of halogens is 1. The highest BCUT2D eigenvalue weighted by Crippen LogP contribution is 2.36. The highest BCUT2D eigenvalue weighted by molar-refractivity contribution is 9.10. The van der Waals surface area contributed by atoms with Crippen LogP contribution < -0.4 is 10.6 Å². The number of aliphatic imine (C=N–C) groups is 1. The summed E-state index contributed by atoms with van der Waals surface area (Å²) in [7, 11) is 0. The molecule has 90 valence electrons. The first-order valence-corrected chi connectivity index (χ1v) is 6.90. The molecule has 1 aromatic rings.